The highest BCUT2D eigenvalue weighted by molar-refractivity contribution is 9.10. The predicted molar refractivity (Wildman–Crippen MR) is 70.0 cm³/mol. The molecule has 0 atom stereocenters. The average Bonchev–Trinajstić information content (AvgIpc) is 2.73. The largest absolute Gasteiger partial charge is 0.508 e. The first-order valence-corrected chi connectivity index (χ1v) is 5.95. The average molecular weight is 289 g/mol. The lowest BCUT2D eigenvalue weighted by atomic mass is 10.2. The van der Waals surface area contributed by atoms with Crippen LogP contribution in [0.1, 0.15) is 0 Å². The van der Waals surface area contributed by atoms with E-state index in [1.807, 2.05) is 41.1 Å². The Kier molecular flexibility index (Phi) is 2.37. The van der Waals surface area contributed by atoms with E-state index in [4.69, 9.17) is 0 Å². The van der Waals surface area contributed by atoms with E-state index >= 15 is 0 Å². The van der Waals surface area contributed by atoms with Crippen molar-refractivity contribution in [2.24, 2.45) is 0 Å². The number of fused-ring (bicyclic) bond motifs is 1. The molecule has 0 radical (unpaired) electrons. The van der Waals surface area contributed by atoms with Gasteiger partial charge in [0.15, 0.2) is 0 Å². The molecule has 2 heterocycles. The van der Waals surface area contributed by atoms with Crippen molar-refractivity contribution in [1.29, 1.82) is 0 Å². The summed E-state index contributed by atoms with van der Waals surface area (Å²) in [7, 11) is 0. The lowest BCUT2D eigenvalue weighted by Gasteiger charge is -2.02. The van der Waals surface area contributed by atoms with Crippen molar-refractivity contribution in [3.63, 3.8) is 0 Å². The van der Waals surface area contributed by atoms with Crippen LogP contribution in [0.3, 0.4) is 0 Å². The maximum Gasteiger partial charge on any atom is 0.144 e. The zero-order valence-corrected chi connectivity index (χ0v) is 10.4. The number of hydrogen-bond acceptors (Lipinski definition) is 2. The first kappa shape index (κ1) is 10.4. The smallest absolute Gasteiger partial charge is 0.144 e. The fraction of sp³-hybridized carbons (Fsp3) is 0. The maximum atomic E-state index is 9.28. The summed E-state index contributed by atoms with van der Waals surface area (Å²) in [5, 5.41) is 9.28. The molecule has 2 aromatic heterocycles. The first-order chi connectivity index (χ1) is 8.24. The van der Waals surface area contributed by atoms with Crippen molar-refractivity contribution < 1.29 is 5.11 Å². The molecule has 0 saturated heterocycles. The molecule has 3 rings (SSSR count). The van der Waals surface area contributed by atoms with Gasteiger partial charge in [0.2, 0.25) is 0 Å². The molecular formula is C13H9BrN2O. The Labute approximate surface area is 106 Å². The Bertz CT molecular complexity index is 673. The highest BCUT2D eigenvalue weighted by atomic mass is 79.9. The van der Waals surface area contributed by atoms with Crippen molar-refractivity contribution in [2.75, 3.05) is 0 Å². The molecule has 0 aliphatic carbocycles. The Morgan fingerprint density at radius 1 is 1.06 bits per heavy atom. The third kappa shape index (κ3) is 1.80. The topological polar surface area (TPSA) is 37.5 Å². The second kappa shape index (κ2) is 3.89. The van der Waals surface area contributed by atoms with E-state index in [2.05, 4.69) is 20.9 Å². The second-order valence-electron chi connectivity index (χ2n) is 3.77. The van der Waals surface area contributed by atoms with E-state index in [0.717, 1.165) is 21.4 Å². The van der Waals surface area contributed by atoms with Crippen LogP contribution in [-0.2, 0) is 0 Å². The predicted octanol–water partition coefficient (Wildman–Crippen LogP) is 3.47. The number of phenols is 1. The molecule has 84 valence electrons. The number of aromatic nitrogens is 2. The standard InChI is InChI=1S/C13H9BrN2O/c14-10-3-4-11-7-15-13(16(11)8-10)9-1-5-12(17)6-2-9/h1-8,17H. The monoisotopic (exact) mass is 288 g/mol. The van der Waals surface area contributed by atoms with Crippen LogP contribution in [0.4, 0.5) is 0 Å². The van der Waals surface area contributed by atoms with Gasteiger partial charge >= 0.3 is 0 Å². The van der Waals surface area contributed by atoms with Gasteiger partial charge in [0.25, 0.3) is 0 Å². The number of aromatic hydroxyl groups is 1. The van der Waals surface area contributed by atoms with Gasteiger partial charge in [0.1, 0.15) is 11.6 Å². The molecule has 17 heavy (non-hydrogen) atoms. The van der Waals surface area contributed by atoms with Crippen LogP contribution in [-0.4, -0.2) is 14.5 Å². The third-order valence-corrected chi connectivity index (χ3v) is 3.09. The quantitative estimate of drug-likeness (QED) is 0.744. The molecule has 0 bridgehead atoms. The highest BCUT2D eigenvalue weighted by Gasteiger charge is 2.06. The van der Waals surface area contributed by atoms with Crippen LogP contribution in [0.2, 0.25) is 0 Å². The Hall–Kier alpha value is -1.81. The minimum absolute atomic E-state index is 0.260. The summed E-state index contributed by atoms with van der Waals surface area (Å²) in [6.45, 7) is 0. The third-order valence-electron chi connectivity index (χ3n) is 2.62. The van der Waals surface area contributed by atoms with Crippen molar-refractivity contribution in [1.82, 2.24) is 9.38 Å². The fourth-order valence-electron chi connectivity index (χ4n) is 1.79. The van der Waals surface area contributed by atoms with E-state index in [1.54, 1.807) is 12.1 Å². The normalized spacial score (nSPS) is 10.9. The van der Waals surface area contributed by atoms with Gasteiger partial charge in [-0.05, 0) is 52.3 Å². The molecule has 0 spiro atoms. The molecule has 0 amide bonds. The molecular weight excluding hydrogens is 280 g/mol. The fourth-order valence-corrected chi connectivity index (χ4v) is 2.13. The summed E-state index contributed by atoms with van der Waals surface area (Å²) in [6, 6.07) is 11.0. The molecule has 0 saturated carbocycles. The second-order valence-corrected chi connectivity index (χ2v) is 4.69. The zero-order valence-electron chi connectivity index (χ0n) is 8.84. The molecule has 0 unspecified atom stereocenters. The number of pyridine rings is 1. The minimum atomic E-state index is 0.260. The van der Waals surface area contributed by atoms with Crippen LogP contribution >= 0.6 is 15.9 Å². The summed E-state index contributed by atoms with van der Waals surface area (Å²) >= 11 is 3.45. The molecule has 1 N–H and O–H groups in total. The maximum absolute atomic E-state index is 9.28. The van der Waals surface area contributed by atoms with E-state index < -0.39 is 0 Å². The van der Waals surface area contributed by atoms with Crippen LogP contribution in [0.5, 0.6) is 5.75 Å². The van der Waals surface area contributed by atoms with Crippen molar-refractivity contribution in [3.8, 4) is 17.1 Å². The van der Waals surface area contributed by atoms with Gasteiger partial charge in [0.05, 0.1) is 11.7 Å². The van der Waals surface area contributed by atoms with Crippen molar-refractivity contribution in [3.05, 3.63) is 53.3 Å². The zero-order chi connectivity index (χ0) is 11.8. The van der Waals surface area contributed by atoms with Crippen LogP contribution in [0, 0.1) is 0 Å². The van der Waals surface area contributed by atoms with E-state index in [-0.39, 0.29) is 5.75 Å². The number of nitrogens with zero attached hydrogens (tertiary/aromatic N) is 2. The van der Waals surface area contributed by atoms with Crippen molar-refractivity contribution >= 4 is 21.4 Å². The lowest BCUT2D eigenvalue weighted by Crippen LogP contribution is -1.88. The molecule has 0 aliphatic heterocycles. The lowest BCUT2D eigenvalue weighted by molar-refractivity contribution is 0.475. The molecule has 3 nitrogen and oxygen atoms in total. The Balaban J connectivity index is 2.23. The van der Waals surface area contributed by atoms with E-state index in [1.165, 1.54) is 0 Å². The van der Waals surface area contributed by atoms with Gasteiger partial charge in [-0.2, -0.15) is 0 Å². The van der Waals surface area contributed by atoms with Gasteiger partial charge in [-0.15, -0.1) is 0 Å². The Morgan fingerprint density at radius 3 is 2.59 bits per heavy atom. The molecule has 0 fully saturated rings. The number of hydrogen-bond donors (Lipinski definition) is 1. The van der Waals surface area contributed by atoms with Crippen LogP contribution < -0.4 is 0 Å². The molecule has 1 aromatic carbocycles. The molecule has 4 heteroatoms. The highest BCUT2D eigenvalue weighted by Crippen LogP contribution is 2.23. The summed E-state index contributed by atoms with van der Waals surface area (Å²) in [5.41, 5.74) is 2.01. The number of rotatable bonds is 1. The van der Waals surface area contributed by atoms with Crippen LogP contribution in [0.15, 0.2) is 53.3 Å². The van der Waals surface area contributed by atoms with Gasteiger partial charge in [-0.1, -0.05) is 0 Å². The molecule has 3 aromatic rings. The minimum Gasteiger partial charge on any atom is -0.508 e. The van der Waals surface area contributed by atoms with Crippen LogP contribution in [0.25, 0.3) is 16.9 Å². The Morgan fingerprint density at radius 2 is 1.82 bits per heavy atom. The first-order valence-electron chi connectivity index (χ1n) is 5.16. The number of phenolic OH excluding ortho intramolecular Hbond substituents is 1. The number of benzene rings is 1. The summed E-state index contributed by atoms with van der Waals surface area (Å²) in [6.07, 6.45) is 3.80. The van der Waals surface area contributed by atoms with E-state index in [0.29, 0.717) is 0 Å². The SMILES string of the molecule is Oc1ccc(-c2ncc3ccc(Br)cn23)cc1. The van der Waals surface area contributed by atoms with Gasteiger partial charge in [-0.25, -0.2) is 4.98 Å². The van der Waals surface area contributed by atoms with Crippen molar-refractivity contribution in [2.45, 2.75) is 0 Å². The summed E-state index contributed by atoms with van der Waals surface area (Å²) < 4.78 is 3.01. The number of imidazole rings is 1. The summed E-state index contributed by atoms with van der Waals surface area (Å²) in [4.78, 5) is 4.40. The molecule has 0 aliphatic rings. The van der Waals surface area contributed by atoms with Gasteiger partial charge in [-0.3, -0.25) is 4.40 Å². The van der Waals surface area contributed by atoms with Gasteiger partial charge < -0.3 is 5.11 Å². The van der Waals surface area contributed by atoms with Gasteiger partial charge in [0, 0.05) is 16.2 Å². The number of halogens is 1. The summed E-state index contributed by atoms with van der Waals surface area (Å²) in [5.74, 6) is 1.12. The van der Waals surface area contributed by atoms with E-state index in [9.17, 15) is 5.11 Å².